The summed E-state index contributed by atoms with van der Waals surface area (Å²) in [5.74, 6) is 0. The number of nitrogens with one attached hydrogen (secondary N) is 1. The first kappa shape index (κ1) is 11.7. The van der Waals surface area contributed by atoms with E-state index < -0.39 is 0 Å². The van der Waals surface area contributed by atoms with E-state index in [2.05, 4.69) is 58.1 Å². The summed E-state index contributed by atoms with van der Waals surface area (Å²) in [6, 6.07) is 8.21. The van der Waals surface area contributed by atoms with Crippen LogP contribution in [0.3, 0.4) is 0 Å². The number of hydrogen-bond donors (Lipinski definition) is 1. The van der Waals surface area contributed by atoms with Crippen LogP contribution in [-0.2, 0) is 5.41 Å². The van der Waals surface area contributed by atoms with Crippen LogP contribution in [0.2, 0.25) is 0 Å². The summed E-state index contributed by atoms with van der Waals surface area (Å²) >= 11 is 0. The molecule has 1 aromatic rings. The van der Waals surface area contributed by atoms with Gasteiger partial charge < -0.3 is 5.32 Å². The lowest BCUT2D eigenvalue weighted by Gasteiger charge is -2.36. The normalized spacial score (nSPS) is 25.3. The molecule has 0 aromatic heterocycles. The molecule has 1 fully saturated rings. The summed E-state index contributed by atoms with van der Waals surface area (Å²) in [5, 5.41) is 3.56. The molecule has 0 aliphatic carbocycles. The topological polar surface area (TPSA) is 12.0 Å². The molecule has 1 heteroatoms. The van der Waals surface area contributed by atoms with Crippen molar-refractivity contribution >= 4 is 0 Å². The molecule has 0 saturated carbocycles. The lowest BCUT2D eigenvalue weighted by molar-refractivity contribution is 0.287. The van der Waals surface area contributed by atoms with Crippen LogP contribution in [0, 0.1) is 6.92 Å². The maximum absolute atomic E-state index is 3.56. The summed E-state index contributed by atoms with van der Waals surface area (Å²) in [6.07, 6.45) is 1.27. The largest absolute Gasteiger partial charge is 0.307 e. The highest BCUT2D eigenvalue weighted by Gasteiger charge is 2.27. The fraction of sp³-hybridized carbons (Fsp3) is 0.600. The van der Waals surface area contributed by atoms with Gasteiger partial charge in [0.2, 0.25) is 0 Å². The van der Waals surface area contributed by atoms with Crippen molar-refractivity contribution in [2.75, 3.05) is 0 Å². The van der Waals surface area contributed by atoms with Crippen molar-refractivity contribution in [2.24, 2.45) is 0 Å². The van der Waals surface area contributed by atoms with Crippen molar-refractivity contribution in [1.82, 2.24) is 5.32 Å². The quantitative estimate of drug-likeness (QED) is 0.756. The third-order valence-electron chi connectivity index (χ3n) is 3.59. The molecule has 1 aromatic carbocycles. The van der Waals surface area contributed by atoms with E-state index in [1.807, 2.05) is 0 Å². The molecule has 2 unspecified atom stereocenters. The van der Waals surface area contributed by atoms with Crippen molar-refractivity contribution in [3.05, 3.63) is 34.9 Å². The lowest BCUT2D eigenvalue weighted by Crippen LogP contribution is -2.44. The number of hydrogen-bond acceptors (Lipinski definition) is 1. The molecule has 1 heterocycles. The highest BCUT2D eigenvalue weighted by atomic mass is 15.0. The molecule has 0 radical (unpaired) electrons. The Morgan fingerprint density at radius 3 is 2.31 bits per heavy atom. The Morgan fingerprint density at radius 1 is 1.25 bits per heavy atom. The monoisotopic (exact) mass is 217 g/mol. The fourth-order valence-electron chi connectivity index (χ4n) is 2.42. The van der Waals surface area contributed by atoms with Crippen LogP contribution in [0.25, 0.3) is 0 Å². The third kappa shape index (κ3) is 2.15. The summed E-state index contributed by atoms with van der Waals surface area (Å²) in [4.78, 5) is 0. The van der Waals surface area contributed by atoms with Gasteiger partial charge in [-0.1, -0.05) is 39.0 Å². The minimum Gasteiger partial charge on any atom is -0.307 e. The average molecular weight is 217 g/mol. The smallest absolute Gasteiger partial charge is 0.0339 e. The molecule has 0 amide bonds. The Bertz CT molecular complexity index is 381. The van der Waals surface area contributed by atoms with E-state index >= 15 is 0 Å². The van der Waals surface area contributed by atoms with Gasteiger partial charge in [0, 0.05) is 12.1 Å². The first-order valence-corrected chi connectivity index (χ1v) is 6.25. The molecule has 1 aliphatic heterocycles. The number of rotatable bonds is 1. The van der Waals surface area contributed by atoms with E-state index in [1.165, 1.54) is 23.1 Å². The standard InChI is InChI=1S/C15H23N/c1-10-8-12(15(3,4)5)6-7-13(10)14-9-11(2)16-14/h6-8,11,14,16H,9H2,1-5H3. The first-order valence-electron chi connectivity index (χ1n) is 6.25. The zero-order valence-corrected chi connectivity index (χ0v) is 11.1. The van der Waals surface area contributed by atoms with Gasteiger partial charge in [-0.2, -0.15) is 0 Å². The van der Waals surface area contributed by atoms with Crippen LogP contribution in [0.5, 0.6) is 0 Å². The Kier molecular flexibility index (Phi) is 2.83. The Hall–Kier alpha value is -0.820. The van der Waals surface area contributed by atoms with Crippen LogP contribution >= 0.6 is 0 Å². The van der Waals surface area contributed by atoms with Gasteiger partial charge in [-0.3, -0.25) is 0 Å². The van der Waals surface area contributed by atoms with Crippen molar-refractivity contribution in [3.63, 3.8) is 0 Å². The zero-order chi connectivity index (χ0) is 11.9. The van der Waals surface area contributed by atoms with E-state index in [1.54, 1.807) is 0 Å². The van der Waals surface area contributed by atoms with Gasteiger partial charge in [0.1, 0.15) is 0 Å². The highest BCUT2D eigenvalue weighted by Crippen LogP contribution is 2.32. The van der Waals surface area contributed by atoms with Gasteiger partial charge in [0.25, 0.3) is 0 Å². The number of aryl methyl sites for hydroxylation is 1. The second-order valence-corrected chi connectivity index (χ2v) is 6.18. The zero-order valence-electron chi connectivity index (χ0n) is 11.1. The number of benzene rings is 1. The van der Waals surface area contributed by atoms with E-state index in [4.69, 9.17) is 0 Å². The minimum atomic E-state index is 0.254. The van der Waals surface area contributed by atoms with Crippen LogP contribution in [0.4, 0.5) is 0 Å². The van der Waals surface area contributed by atoms with Gasteiger partial charge in [-0.15, -0.1) is 0 Å². The maximum Gasteiger partial charge on any atom is 0.0339 e. The molecule has 1 N–H and O–H groups in total. The molecular formula is C15H23N. The Balaban J connectivity index is 2.24. The molecule has 2 atom stereocenters. The maximum atomic E-state index is 3.56. The van der Waals surface area contributed by atoms with Crippen LogP contribution in [0.15, 0.2) is 18.2 Å². The van der Waals surface area contributed by atoms with Crippen molar-refractivity contribution in [3.8, 4) is 0 Å². The molecule has 88 valence electrons. The highest BCUT2D eigenvalue weighted by molar-refractivity contribution is 5.37. The molecule has 16 heavy (non-hydrogen) atoms. The predicted octanol–water partition coefficient (Wildman–Crippen LogP) is 3.72. The molecule has 1 aliphatic rings. The van der Waals surface area contributed by atoms with E-state index in [0.29, 0.717) is 12.1 Å². The predicted molar refractivity (Wildman–Crippen MR) is 69.8 cm³/mol. The van der Waals surface area contributed by atoms with Gasteiger partial charge >= 0.3 is 0 Å². The summed E-state index contributed by atoms with van der Waals surface area (Å²) in [7, 11) is 0. The second kappa shape index (κ2) is 3.89. The molecule has 1 nitrogen and oxygen atoms in total. The Morgan fingerprint density at radius 2 is 1.88 bits per heavy atom. The fourth-order valence-corrected chi connectivity index (χ4v) is 2.42. The molecule has 0 bridgehead atoms. The van der Waals surface area contributed by atoms with E-state index in [-0.39, 0.29) is 5.41 Å². The van der Waals surface area contributed by atoms with Crippen LogP contribution in [0.1, 0.15) is 56.8 Å². The van der Waals surface area contributed by atoms with Crippen LogP contribution < -0.4 is 5.32 Å². The summed E-state index contributed by atoms with van der Waals surface area (Å²) < 4.78 is 0. The molecule has 2 rings (SSSR count). The Labute approximate surface area is 99.3 Å². The van der Waals surface area contributed by atoms with Gasteiger partial charge in [-0.25, -0.2) is 0 Å². The SMILES string of the molecule is Cc1cc(C(C)(C)C)ccc1C1CC(C)N1. The van der Waals surface area contributed by atoms with E-state index in [9.17, 15) is 0 Å². The van der Waals surface area contributed by atoms with Crippen molar-refractivity contribution in [1.29, 1.82) is 0 Å². The van der Waals surface area contributed by atoms with Gasteiger partial charge in [0.05, 0.1) is 0 Å². The van der Waals surface area contributed by atoms with E-state index in [0.717, 1.165) is 0 Å². The van der Waals surface area contributed by atoms with Crippen molar-refractivity contribution in [2.45, 2.75) is 58.5 Å². The minimum absolute atomic E-state index is 0.254. The van der Waals surface area contributed by atoms with Gasteiger partial charge in [-0.05, 0) is 42.4 Å². The average Bonchev–Trinajstić information content (AvgIpc) is 2.12. The van der Waals surface area contributed by atoms with Crippen LogP contribution in [-0.4, -0.2) is 6.04 Å². The molecule has 0 spiro atoms. The molecule has 1 saturated heterocycles. The summed E-state index contributed by atoms with van der Waals surface area (Å²) in [5.41, 5.74) is 4.59. The summed E-state index contributed by atoms with van der Waals surface area (Å²) in [6.45, 7) is 11.3. The second-order valence-electron chi connectivity index (χ2n) is 6.18. The third-order valence-corrected chi connectivity index (χ3v) is 3.59. The lowest BCUT2D eigenvalue weighted by atomic mass is 9.82. The molecular weight excluding hydrogens is 194 g/mol. The first-order chi connectivity index (χ1) is 7.38. The van der Waals surface area contributed by atoms with Gasteiger partial charge in [0.15, 0.2) is 0 Å². The van der Waals surface area contributed by atoms with Crippen molar-refractivity contribution < 1.29 is 0 Å².